The number of aryl methyl sites for hydroxylation is 1. The van der Waals surface area contributed by atoms with Crippen molar-refractivity contribution in [2.24, 2.45) is 5.73 Å². The predicted molar refractivity (Wildman–Crippen MR) is 79.0 cm³/mol. The molecule has 3 aromatic rings. The second-order valence-electron chi connectivity index (χ2n) is 4.76. The Bertz CT molecular complexity index is 705. The fraction of sp³-hybridized carbons (Fsp3) is 0.118. The smallest absolute Gasteiger partial charge is 0.0755 e. The summed E-state index contributed by atoms with van der Waals surface area (Å²) in [5.41, 5.74) is 10.8. The average molecular weight is 248 g/mol. The van der Waals surface area contributed by atoms with E-state index in [1.54, 1.807) is 0 Å². The molecular weight excluding hydrogens is 232 g/mol. The van der Waals surface area contributed by atoms with Gasteiger partial charge in [0, 0.05) is 11.6 Å². The Morgan fingerprint density at radius 3 is 2.53 bits per heavy atom. The van der Waals surface area contributed by atoms with Gasteiger partial charge in [0.1, 0.15) is 0 Å². The van der Waals surface area contributed by atoms with Crippen molar-refractivity contribution >= 4 is 10.9 Å². The monoisotopic (exact) mass is 248 g/mol. The van der Waals surface area contributed by atoms with E-state index in [0.717, 1.165) is 16.6 Å². The number of nitrogens with two attached hydrogens (primary N) is 1. The summed E-state index contributed by atoms with van der Waals surface area (Å²) in [6.07, 6.45) is 1.82. The highest BCUT2D eigenvalue weighted by Crippen LogP contribution is 2.27. The molecule has 19 heavy (non-hydrogen) atoms. The van der Waals surface area contributed by atoms with E-state index in [0.29, 0.717) is 0 Å². The molecule has 94 valence electrons. The first-order chi connectivity index (χ1) is 9.27. The molecule has 3 rings (SSSR count). The molecule has 0 fully saturated rings. The first-order valence-electron chi connectivity index (χ1n) is 6.42. The molecule has 0 bridgehead atoms. The summed E-state index contributed by atoms with van der Waals surface area (Å²) in [5.74, 6) is 0. The predicted octanol–water partition coefficient (Wildman–Crippen LogP) is 3.59. The third-order valence-corrected chi connectivity index (χ3v) is 3.51. The standard InChI is InChI=1S/C17H16N2/c1-12-9-10-15(17-14(12)8-5-11-19-17)16(18)13-6-3-2-4-7-13/h2-11,16H,18H2,1H3. The fourth-order valence-corrected chi connectivity index (χ4v) is 2.43. The maximum absolute atomic E-state index is 6.39. The topological polar surface area (TPSA) is 38.9 Å². The van der Waals surface area contributed by atoms with Gasteiger partial charge in [-0.25, -0.2) is 0 Å². The van der Waals surface area contributed by atoms with Gasteiger partial charge in [-0.3, -0.25) is 4.98 Å². The molecule has 0 aliphatic heterocycles. The van der Waals surface area contributed by atoms with Gasteiger partial charge in [-0.1, -0.05) is 48.5 Å². The Balaban J connectivity index is 2.18. The van der Waals surface area contributed by atoms with E-state index in [-0.39, 0.29) is 6.04 Å². The largest absolute Gasteiger partial charge is 0.320 e. The number of nitrogens with zero attached hydrogens (tertiary/aromatic N) is 1. The van der Waals surface area contributed by atoms with E-state index in [9.17, 15) is 0 Å². The van der Waals surface area contributed by atoms with Gasteiger partial charge in [0.25, 0.3) is 0 Å². The second kappa shape index (κ2) is 4.82. The molecule has 2 N–H and O–H groups in total. The number of rotatable bonds is 2. The van der Waals surface area contributed by atoms with Crippen LogP contribution in [0.2, 0.25) is 0 Å². The first kappa shape index (κ1) is 11.9. The number of hydrogen-bond acceptors (Lipinski definition) is 2. The van der Waals surface area contributed by atoms with Gasteiger partial charge in [0.2, 0.25) is 0 Å². The zero-order valence-electron chi connectivity index (χ0n) is 10.9. The summed E-state index contributed by atoms with van der Waals surface area (Å²) < 4.78 is 0. The summed E-state index contributed by atoms with van der Waals surface area (Å²) in [6, 6.07) is 18.3. The van der Waals surface area contributed by atoms with Crippen LogP contribution < -0.4 is 5.73 Å². The zero-order chi connectivity index (χ0) is 13.2. The van der Waals surface area contributed by atoms with E-state index < -0.39 is 0 Å². The highest BCUT2D eigenvalue weighted by atomic mass is 14.7. The van der Waals surface area contributed by atoms with Crippen LogP contribution in [0.4, 0.5) is 0 Å². The highest BCUT2D eigenvalue weighted by Gasteiger charge is 2.13. The second-order valence-corrected chi connectivity index (χ2v) is 4.76. The molecule has 0 aliphatic rings. The van der Waals surface area contributed by atoms with E-state index >= 15 is 0 Å². The van der Waals surface area contributed by atoms with Crippen LogP contribution >= 0.6 is 0 Å². The van der Waals surface area contributed by atoms with Crippen molar-refractivity contribution in [3.8, 4) is 0 Å². The van der Waals surface area contributed by atoms with Gasteiger partial charge in [-0.2, -0.15) is 0 Å². The number of hydrogen-bond donors (Lipinski definition) is 1. The summed E-state index contributed by atoms with van der Waals surface area (Å²) >= 11 is 0. The van der Waals surface area contributed by atoms with E-state index in [4.69, 9.17) is 5.73 Å². The van der Waals surface area contributed by atoms with E-state index in [1.807, 2.05) is 30.5 Å². The molecule has 1 heterocycles. The summed E-state index contributed by atoms with van der Waals surface area (Å²) in [6.45, 7) is 2.10. The van der Waals surface area contributed by atoms with E-state index in [1.165, 1.54) is 10.9 Å². The van der Waals surface area contributed by atoms with E-state index in [2.05, 4.69) is 42.2 Å². The van der Waals surface area contributed by atoms with Gasteiger partial charge in [-0.05, 0) is 29.7 Å². The van der Waals surface area contributed by atoms with Gasteiger partial charge in [0.05, 0.1) is 11.6 Å². The molecular formula is C17H16N2. The van der Waals surface area contributed by atoms with Crippen molar-refractivity contribution in [3.63, 3.8) is 0 Å². The van der Waals surface area contributed by atoms with Crippen LogP contribution in [0.5, 0.6) is 0 Å². The molecule has 2 heteroatoms. The molecule has 0 aliphatic carbocycles. The van der Waals surface area contributed by atoms with Crippen molar-refractivity contribution in [1.82, 2.24) is 4.98 Å². The Labute approximate surface area is 112 Å². The molecule has 0 amide bonds. The van der Waals surface area contributed by atoms with Crippen molar-refractivity contribution in [1.29, 1.82) is 0 Å². The minimum Gasteiger partial charge on any atom is -0.320 e. The molecule has 2 nitrogen and oxygen atoms in total. The number of benzene rings is 2. The lowest BCUT2D eigenvalue weighted by Gasteiger charge is -2.15. The highest BCUT2D eigenvalue weighted by molar-refractivity contribution is 5.85. The van der Waals surface area contributed by atoms with Crippen LogP contribution in [0, 0.1) is 6.92 Å². The third kappa shape index (κ3) is 2.11. The van der Waals surface area contributed by atoms with Gasteiger partial charge < -0.3 is 5.73 Å². The Morgan fingerprint density at radius 2 is 1.74 bits per heavy atom. The lowest BCUT2D eigenvalue weighted by atomic mass is 9.95. The van der Waals surface area contributed by atoms with Crippen LogP contribution in [0.1, 0.15) is 22.7 Å². The molecule has 0 radical (unpaired) electrons. The average Bonchev–Trinajstić information content (AvgIpc) is 2.48. The molecule has 1 aromatic heterocycles. The molecule has 1 atom stereocenters. The van der Waals surface area contributed by atoms with Crippen LogP contribution in [0.25, 0.3) is 10.9 Å². The van der Waals surface area contributed by atoms with Crippen LogP contribution in [0.15, 0.2) is 60.8 Å². The molecule has 0 spiro atoms. The van der Waals surface area contributed by atoms with Crippen molar-refractivity contribution < 1.29 is 0 Å². The van der Waals surface area contributed by atoms with Crippen LogP contribution in [0.3, 0.4) is 0 Å². The molecule has 0 saturated heterocycles. The quantitative estimate of drug-likeness (QED) is 0.752. The minimum atomic E-state index is -0.140. The van der Waals surface area contributed by atoms with Crippen LogP contribution in [-0.4, -0.2) is 4.98 Å². The van der Waals surface area contributed by atoms with Gasteiger partial charge in [0.15, 0.2) is 0 Å². The number of aromatic nitrogens is 1. The number of pyridine rings is 1. The molecule has 0 saturated carbocycles. The summed E-state index contributed by atoms with van der Waals surface area (Å²) in [4.78, 5) is 4.51. The van der Waals surface area contributed by atoms with Crippen molar-refractivity contribution in [3.05, 3.63) is 77.5 Å². The Morgan fingerprint density at radius 1 is 0.947 bits per heavy atom. The SMILES string of the molecule is Cc1ccc(C(N)c2ccccc2)c2ncccc12. The lowest BCUT2D eigenvalue weighted by Crippen LogP contribution is -2.12. The first-order valence-corrected chi connectivity index (χ1v) is 6.42. The maximum atomic E-state index is 6.39. The third-order valence-electron chi connectivity index (χ3n) is 3.51. The van der Waals surface area contributed by atoms with Crippen molar-refractivity contribution in [2.45, 2.75) is 13.0 Å². The van der Waals surface area contributed by atoms with Crippen molar-refractivity contribution in [2.75, 3.05) is 0 Å². The lowest BCUT2D eigenvalue weighted by molar-refractivity contribution is 0.877. The van der Waals surface area contributed by atoms with Gasteiger partial charge >= 0.3 is 0 Å². The fourth-order valence-electron chi connectivity index (χ4n) is 2.43. The molecule has 1 unspecified atom stereocenters. The van der Waals surface area contributed by atoms with Gasteiger partial charge in [-0.15, -0.1) is 0 Å². The summed E-state index contributed by atoms with van der Waals surface area (Å²) in [5, 5.41) is 1.17. The normalized spacial score (nSPS) is 12.5. The zero-order valence-corrected chi connectivity index (χ0v) is 10.9. The minimum absolute atomic E-state index is 0.140. The molecule has 2 aromatic carbocycles. The Kier molecular flexibility index (Phi) is 3.02. The van der Waals surface area contributed by atoms with Crippen LogP contribution in [-0.2, 0) is 0 Å². The summed E-state index contributed by atoms with van der Waals surface area (Å²) in [7, 11) is 0. The maximum Gasteiger partial charge on any atom is 0.0755 e. The Hall–Kier alpha value is -2.19. The number of fused-ring (bicyclic) bond motifs is 1.